The van der Waals surface area contributed by atoms with Crippen molar-refractivity contribution in [1.82, 2.24) is 10.2 Å². The van der Waals surface area contributed by atoms with E-state index in [0.717, 1.165) is 38.7 Å². The van der Waals surface area contributed by atoms with E-state index < -0.39 is 9.84 Å². The number of para-hydroxylation sites is 1. The fourth-order valence-corrected chi connectivity index (χ4v) is 4.74. The number of nitrogens with one attached hydrogen (secondary N) is 1. The zero-order valence-corrected chi connectivity index (χ0v) is 20.6. The molecule has 164 valence electrons. The average Bonchev–Trinajstić information content (AvgIpc) is 2.77. The number of hydrogen-bond donors (Lipinski definition) is 1. The van der Waals surface area contributed by atoms with E-state index in [1.807, 2.05) is 12.1 Å². The zero-order chi connectivity index (χ0) is 20.5. The number of nitrogens with zero attached hydrogens (tertiary/aromatic N) is 3. The third-order valence-corrected chi connectivity index (χ3v) is 6.79. The van der Waals surface area contributed by atoms with E-state index in [0.29, 0.717) is 17.9 Å². The molecule has 0 saturated carbocycles. The summed E-state index contributed by atoms with van der Waals surface area (Å²) in [6, 6.07) is 19.1. The molecule has 0 amide bonds. The van der Waals surface area contributed by atoms with Gasteiger partial charge in [0.05, 0.1) is 10.6 Å². The molecular formula is C22H31IN4O2S. The molecule has 6 nitrogen and oxygen atoms in total. The Labute approximate surface area is 197 Å². The number of rotatable bonds is 7. The molecule has 0 unspecified atom stereocenters. The number of benzene rings is 2. The maximum atomic E-state index is 12.4. The van der Waals surface area contributed by atoms with Crippen molar-refractivity contribution in [3.8, 4) is 0 Å². The summed E-state index contributed by atoms with van der Waals surface area (Å²) in [4.78, 5) is 9.70. The predicted molar refractivity (Wildman–Crippen MR) is 135 cm³/mol. The summed E-state index contributed by atoms with van der Waals surface area (Å²) in [5.74, 6) is 0.985. The van der Waals surface area contributed by atoms with Crippen LogP contribution in [0.5, 0.6) is 0 Å². The zero-order valence-electron chi connectivity index (χ0n) is 17.4. The standard InChI is InChI=1S/C22H30N4O2S.HI/c1-2-23-22(24-14-9-19-29(27,28)21-12-7-4-8-13-21)26-17-15-25(16-18-26)20-10-5-3-6-11-20;/h3-8,10-13H,2,9,14-19H2,1H3,(H,23,24);1H. The van der Waals surface area contributed by atoms with Gasteiger partial charge in [0.15, 0.2) is 15.8 Å². The number of piperazine rings is 1. The van der Waals surface area contributed by atoms with E-state index >= 15 is 0 Å². The topological polar surface area (TPSA) is 65.0 Å². The van der Waals surface area contributed by atoms with Gasteiger partial charge in [0.1, 0.15) is 0 Å². The van der Waals surface area contributed by atoms with Crippen LogP contribution in [0.3, 0.4) is 0 Å². The van der Waals surface area contributed by atoms with Crippen LogP contribution in [0.25, 0.3) is 0 Å². The minimum Gasteiger partial charge on any atom is -0.368 e. The van der Waals surface area contributed by atoms with Gasteiger partial charge in [-0.1, -0.05) is 36.4 Å². The molecule has 1 aliphatic rings. The molecule has 0 radical (unpaired) electrons. The first-order chi connectivity index (χ1) is 14.1. The lowest BCUT2D eigenvalue weighted by Crippen LogP contribution is -2.52. The summed E-state index contributed by atoms with van der Waals surface area (Å²) in [6.07, 6.45) is 0.510. The second-order valence-corrected chi connectivity index (χ2v) is 9.14. The van der Waals surface area contributed by atoms with Crippen molar-refractivity contribution in [2.75, 3.05) is 49.9 Å². The molecule has 0 spiro atoms. The largest absolute Gasteiger partial charge is 0.368 e. The van der Waals surface area contributed by atoms with Crippen molar-refractivity contribution in [2.24, 2.45) is 4.99 Å². The van der Waals surface area contributed by atoms with Crippen LogP contribution in [0.15, 0.2) is 70.6 Å². The van der Waals surface area contributed by atoms with Crippen LogP contribution < -0.4 is 10.2 Å². The van der Waals surface area contributed by atoms with Gasteiger partial charge >= 0.3 is 0 Å². The van der Waals surface area contributed by atoms with Gasteiger partial charge in [-0.15, -0.1) is 24.0 Å². The Balaban J connectivity index is 0.00000320. The highest BCUT2D eigenvalue weighted by molar-refractivity contribution is 14.0. The van der Waals surface area contributed by atoms with Crippen molar-refractivity contribution >= 4 is 45.5 Å². The van der Waals surface area contributed by atoms with Gasteiger partial charge < -0.3 is 15.1 Å². The Morgan fingerprint density at radius 1 is 0.967 bits per heavy atom. The van der Waals surface area contributed by atoms with Crippen LogP contribution in [0.1, 0.15) is 13.3 Å². The molecule has 1 saturated heterocycles. The van der Waals surface area contributed by atoms with Crippen molar-refractivity contribution in [2.45, 2.75) is 18.2 Å². The quantitative estimate of drug-likeness (QED) is 0.252. The third kappa shape index (κ3) is 6.87. The normalized spacial score (nSPS) is 14.9. The summed E-state index contributed by atoms with van der Waals surface area (Å²) in [6.45, 7) is 7.00. The van der Waals surface area contributed by atoms with Crippen LogP contribution in [0.2, 0.25) is 0 Å². The first-order valence-corrected chi connectivity index (χ1v) is 11.9. The highest BCUT2D eigenvalue weighted by atomic mass is 127. The molecular weight excluding hydrogens is 511 g/mol. The van der Waals surface area contributed by atoms with Crippen LogP contribution in [-0.2, 0) is 9.84 Å². The maximum absolute atomic E-state index is 12.4. The van der Waals surface area contributed by atoms with E-state index in [-0.39, 0.29) is 29.7 Å². The van der Waals surface area contributed by atoms with Crippen LogP contribution in [0.4, 0.5) is 5.69 Å². The molecule has 8 heteroatoms. The highest BCUT2D eigenvalue weighted by Crippen LogP contribution is 2.16. The SMILES string of the molecule is CCNC(=NCCCS(=O)(=O)c1ccccc1)N1CCN(c2ccccc2)CC1.I. The number of hydrogen-bond acceptors (Lipinski definition) is 4. The van der Waals surface area contributed by atoms with Gasteiger partial charge in [-0.25, -0.2) is 8.42 Å². The number of anilines is 1. The van der Waals surface area contributed by atoms with E-state index in [4.69, 9.17) is 0 Å². The van der Waals surface area contributed by atoms with Gasteiger partial charge in [-0.3, -0.25) is 4.99 Å². The van der Waals surface area contributed by atoms with Crippen molar-refractivity contribution < 1.29 is 8.42 Å². The van der Waals surface area contributed by atoms with Gasteiger partial charge in [0.25, 0.3) is 0 Å². The Hall–Kier alpha value is -1.81. The number of sulfone groups is 1. The Bertz CT molecular complexity index is 884. The van der Waals surface area contributed by atoms with Crippen molar-refractivity contribution in [3.05, 3.63) is 60.7 Å². The van der Waals surface area contributed by atoms with Gasteiger partial charge in [-0.05, 0) is 37.6 Å². The summed E-state index contributed by atoms with van der Waals surface area (Å²) in [5, 5.41) is 3.34. The third-order valence-electron chi connectivity index (χ3n) is 4.97. The van der Waals surface area contributed by atoms with Crippen molar-refractivity contribution in [1.29, 1.82) is 0 Å². The lowest BCUT2D eigenvalue weighted by molar-refractivity contribution is 0.372. The van der Waals surface area contributed by atoms with Crippen LogP contribution in [-0.4, -0.2) is 64.3 Å². The lowest BCUT2D eigenvalue weighted by Gasteiger charge is -2.37. The molecule has 1 fully saturated rings. The molecule has 0 aromatic heterocycles. The molecule has 1 heterocycles. The summed E-state index contributed by atoms with van der Waals surface area (Å²) in [5.41, 5.74) is 1.25. The Morgan fingerprint density at radius 2 is 1.57 bits per heavy atom. The fraction of sp³-hybridized carbons (Fsp3) is 0.409. The second-order valence-electron chi connectivity index (χ2n) is 7.03. The second kappa shape index (κ2) is 12.1. The minimum atomic E-state index is -3.24. The summed E-state index contributed by atoms with van der Waals surface area (Å²) >= 11 is 0. The first-order valence-electron chi connectivity index (χ1n) is 10.2. The molecule has 1 aliphatic heterocycles. The average molecular weight is 542 g/mol. The number of halogens is 1. The van der Waals surface area contributed by atoms with Gasteiger partial charge in [0.2, 0.25) is 0 Å². The Morgan fingerprint density at radius 3 is 2.17 bits per heavy atom. The van der Waals surface area contributed by atoms with Crippen molar-refractivity contribution in [3.63, 3.8) is 0 Å². The van der Waals surface area contributed by atoms with E-state index in [2.05, 4.69) is 51.3 Å². The number of aliphatic imine (C=N–C) groups is 1. The van der Waals surface area contributed by atoms with Gasteiger partial charge in [0, 0.05) is 45.0 Å². The fourth-order valence-electron chi connectivity index (χ4n) is 3.43. The van der Waals surface area contributed by atoms with Crippen LogP contribution in [0, 0.1) is 0 Å². The molecule has 2 aromatic rings. The van der Waals surface area contributed by atoms with Gasteiger partial charge in [-0.2, -0.15) is 0 Å². The van der Waals surface area contributed by atoms with E-state index in [9.17, 15) is 8.42 Å². The van der Waals surface area contributed by atoms with Crippen LogP contribution >= 0.6 is 24.0 Å². The summed E-state index contributed by atoms with van der Waals surface area (Å²) in [7, 11) is -3.24. The minimum absolute atomic E-state index is 0. The predicted octanol–water partition coefficient (Wildman–Crippen LogP) is 3.26. The van der Waals surface area contributed by atoms with E-state index in [1.165, 1.54) is 5.69 Å². The number of guanidine groups is 1. The Kier molecular flexibility index (Phi) is 9.90. The molecule has 0 aliphatic carbocycles. The molecule has 2 aromatic carbocycles. The first kappa shape index (κ1) is 24.5. The molecule has 30 heavy (non-hydrogen) atoms. The summed E-state index contributed by atoms with van der Waals surface area (Å²) < 4.78 is 24.8. The highest BCUT2D eigenvalue weighted by Gasteiger charge is 2.20. The monoisotopic (exact) mass is 542 g/mol. The molecule has 1 N–H and O–H groups in total. The molecule has 0 atom stereocenters. The molecule has 3 rings (SSSR count). The lowest BCUT2D eigenvalue weighted by atomic mass is 10.2. The molecule has 0 bridgehead atoms. The smallest absolute Gasteiger partial charge is 0.194 e. The van der Waals surface area contributed by atoms with E-state index in [1.54, 1.807) is 24.3 Å². The maximum Gasteiger partial charge on any atom is 0.194 e.